The van der Waals surface area contributed by atoms with Gasteiger partial charge in [-0.2, -0.15) is 5.10 Å². The first-order valence-electron chi connectivity index (χ1n) is 7.28. The van der Waals surface area contributed by atoms with Crippen molar-refractivity contribution < 1.29 is 9.53 Å². The molecule has 0 saturated carbocycles. The van der Waals surface area contributed by atoms with Crippen molar-refractivity contribution in [3.05, 3.63) is 52.7 Å². The number of aryl methyl sites for hydroxylation is 1. The number of rotatable bonds is 4. The Bertz CT molecular complexity index is 912. The van der Waals surface area contributed by atoms with Gasteiger partial charge >= 0.3 is 5.97 Å². The number of benzene rings is 1. The summed E-state index contributed by atoms with van der Waals surface area (Å²) in [5, 5.41) is 4.61. The molecule has 1 aromatic carbocycles. The van der Waals surface area contributed by atoms with Crippen LogP contribution in [-0.2, 0) is 16.1 Å². The van der Waals surface area contributed by atoms with Gasteiger partial charge < -0.3 is 4.74 Å². The molecule has 0 bridgehead atoms. The van der Waals surface area contributed by atoms with Crippen LogP contribution in [0.25, 0.3) is 16.7 Å². The van der Waals surface area contributed by atoms with Crippen molar-refractivity contribution >= 4 is 17.0 Å². The smallest absolute Gasteiger partial charge is 0.326 e. The Labute approximate surface area is 132 Å². The summed E-state index contributed by atoms with van der Waals surface area (Å²) < 4.78 is 7.81. The molecule has 0 N–H and O–H groups in total. The van der Waals surface area contributed by atoms with Crippen LogP contribution in [-0.4, -0.2) is 31.9 Å². The average Bonchev–Trinajstić information content (AvgIpc) is 2.96. The number of fused-ring (bicyclic) bond motifs is 1. The molecule has 0 radical (unpaired) electrons. The number of para-hydroxylation sites is 1. The molecule has 3 aromatic rings. The Morgan fingerprint density at radius 3 is 2.70 bits per heavy atom. The van der Waals surface area contributed by atoms with Gasteiger partial charge in [0.2, 0.25) is 0 Å². The maximum absolute atomic E-state index is 12.6. The molecule has 0 aliphatic rings. The fraction of sp³-hybridized carbons (Fsp3) is 0.250. The molecule has 0 atom stereocenters. The first-order chi connectivity index (χ1) is 11.1. The van der Waals surface area contributed by atoms with E-state index in [-0.39, 0.29) is 18.7 Å². The van der Waals surface area contributed by atoms with Gasteiger partial charge in [0.05, 0.1) is 18.5 Å². The zero-order valence-electron chi connectivity index (χ0n) is 12.9. The number of aromatic nitrogens is 4. The number of hydrogen-bond acceptors (Lipinski definition) is 5. The van der Waals surface area contributed by atoms with Gasteiger partial charge in [0.25, 0.3) is 5.56 Å². The summed E-state index contributed by atoms with van der Waals surface area (Å²) in [4.78, 5) is 28.7. The Balaban J connectivity index is 2.11. The minimum Gasteiger partial charge on any atom is -0.465 e. The van der Waals surface area contributed by atoms with E-state index in [1.165, 1.54) is 10.8 Å². The average molecular weight is 312 g/mol. The lowest BCUT2D eigenvalue weighted by atomic mass is 10.3. The van der Waals surface area contributed by atoms with E-state index in [0.717, 1.165) is 5.69 Å². The number of esters is 1. The predicted octanol–water partition coefficient (Wildman–Crippen LogP) is 1.45. The molecule has 7 nitrogen and oxygen atoms in total. The molecule has 2 heterocycles. The number of carbonyl (C=O) groups excluding carboxylic acids is 1. The van der Waals surface area contributed by atoms with Crippen molar-refractivity contribution in [2.24, 2.45) is 0 Å². The number of hydrogen-bond donors (Lipinski definition) is 0. The van der Waals surface area contributed by atoms with E-state index in [9.17, 15) is 9.59 Å². The molecule has 0 spiro atoms. The minimum atomic E-state index is -0.464. The lowest BCUT2D eigenvalue weighted by Crippen LogP contribution is -2.28. The van der Waals surface area contributed by atoms with Crippen molar-refractivity contribution in [3.8, 4) is 5.69 Å². The topological polar surface area (TPSA) is 79.0 Å². The zero-order chi connectivity index (χ0) is 16.4. The van der Waals surface area contributed by atoms with Gasteiger partial charge in [-0.1, -0.05) is 18.2 Å². The third-order valence-corrected chi connectivity index (χ3v) is 3.47. The molecule has 3 rings (SSSR count). The Hall–Kier alpha value is -2.96. The van der Waals surface area contributed by atoms with E-state index in [0.29, 0.717) is 16.9 Å². The van der Waals surface area contributed by atoms with Gasteiger partial charge in [0.15, 0.2) is 5.65 Å². The third-order valence-electron chi connectivity index (χ3n) is 3.47. The molecule has 7 heteroatoms. The van der Waals surface area contributed by atoms with Crippen LogP contribution in [0.5, 0.6) is 0 Å². The molecule has 118 valence electrons. The van der Waals surface area contributed by atoms with Crippen molar-refractivity contribution in [1.29, 1.82) is 0 Å². The fourth-order valence-corrected chi connectivity index (χ4v) is 2.39. The van der Waals surface area contributed by atoms with Gasteiger partial charge in [0, 0.05) is 0 Å². The third kappa shape index (κ3) is 2.73. The van der Waals surface area contributed by atoms with Gasteiger partial charge in [-0.25, -0.2) is 9.67 Å². The molecule has 23 heavy (non-hydrogen) atoms. The zero-order valence-corrected chi connectivity index (χ0v) is 12.9. The Kier molecular flexibility index (Phi) is 3.92. The highest BCUT2D eigenvalue weighted by atomic mass is 16.5. The van der Waals surface area contributed by atoms with Crippen LogP contribution in [0.1, 0.15) is 12.7 Å². The maximum Gasteiger partial charge on any atom is 0.326 e. The lowest BCUT2D eigenvalue weighted by molar-refractivity contribution is -0.143. The van der Waals surface area contributed by atoms with Crippen molar-refractivity contribution in [3.63, 3.8) is 0 Å². The molecule has 0 aliphatic carbocycles. The summed E-state index contributed by atoms with van der Waals surface area (Å²) in [6.07, 6.45) is 1.47. The van der Waals surface area contributed by atoms with E-state index < -0.39 is 5.97 Å². The maximum atomic E-state index is 12.6. The van der Waals surface area contributed by atoms with Crippen LogP contribution in [0.2, 0.25) is 0 Å². The second-order valence-electron chi connectivity index (χ2n) is 4.98. The first-order valence-corrected chi connectivity index (χ1v) is 7.28. The summed E-state index contributed by atoms with van der Waals surface area (Å²) in [5.41, 5.74) is 0.985. The van der Waals surface area contributed by atoms with E-state index in [1.54, 1.807) is 18.5 Å². The van der Waals surface area contributed by atoms with Crippen molar-refractivity contribution in [2.45, 2.75) is 20.4 Å². The van der Waals surface area contributed by atoms with Crippen LogP contribution in [0.4, 0.5) is 0 Å². The van der Waals surface area contributed by atoms with Crippen molar-refractivity contribution in [1.82, 2.24) is 19.3 Å². The minimum absolute atomic E-state index is 0.155. The summed E-state index contributed by atoms with van der Waals surface area (Å²) in [5.74, 6) is -0.0254. The molecular weight excluding hydrogens is 296 g/mol. The van der Waals surface area contributed by atoms with Crippen molar-refractivity contribution in [2.75, 3.05) is 6.61 Å². The summed E-state index contributed by atoms with van der Waals surface area (Å²) in [7, 11) is 0. The first kappa shape index (κ1) is 15.0. The van der Waals surface area contributed by atoms with Gasteiger partial charge in [-0.15, -0.1) is 0 Å². The second-order valence-corrected chi connectivity index (χ2v) is 4.98. The highest BCUT2D eigenvalue weighted by Crippen LogP contribution is 2.14. The molecule has 0 aliphatic heterocycles. The molecule has 2 aromatic heterocycles. The molecule has 0 amide bonds. The normalized spacial score (nSPS) is 10.9. The Morgan fingerprint density at radius 2 is 2.00 bits per heavy atom. The summed E-state index contributed by atoms with van der Waals surface area (Å²) in [6, 6.07) is 9.44. The number of nitrogens with zero attached hydrogens (tertiary/aromatic N) is 4. The highest BCUT2D eigenvalue weighted by Gasteiger charge is 2.16. The van der Waals surface area contributed by atoms with Crippen LogP contribution < -0.4 is 5.56 Å². The van der Waals surface area contributed by atoms with Crippen LogP contribution in [0.15, 0.2) is 41.3 Å². The largest absolute Gasteiger partial charge is 0.465 e. The second kappa shape index (κ2) is 6.04. The molecule has 0 saturated heterocycles. The SMILES string of the molecule is CCOC(=O)Cn1c(C)nc2c(cnn2-c2ccccc2)c1=O. The number of ether oxygens (including phenoxy) is 1. The lowest BCUT2D eigenvalue weighted by Gasteiger charge is -2.09. The summed E-state index contributed by atoms with van der Waals surface area (Å²) in [6.45, 7) is 3.52. The Morgan fingerprint density at radius 1 is 1.26 bits per heavy atom. The van der Waals surface area contributed by atoms with Gasteiger partial charge in [0.1, 0.15) is 17.8 Å². The van der Waals surface area contributed by atoms with Crippen LogP contribution in [0, 0.1) is 6.92 Å². The van der Waals surface area contributed by atoms with Gasteiger partial charge in [-0.05, 0) is 26.0 Å². The van der Waals surface area contributed by atoms with Crippen LogP contribution >= 0.6 is 0 Å². The number of carbonyl (C=O) groups is 1. The van der Waals surface area contributed by atoms with Gasteiger partial charge in [-0.3, -0.25) is 14.2 Å². The quantitative estimate of drug-likeness (QED) is 0.681. The standard InChI is InChI=1S/C16H16N4O3/c1-3-23-14(21)10-19-11(2)18-15-13(16(19)22)9-17-20(15)12-7-5-4-6-8-12/h4-9H,3,10H2,1-2H3. The van der Waals surface area contributed by atoms with E-state index in [1.807, 2.05) is 30.3 Å². The van der Waals surface area contributed by atoms with E-state index >= 15 is 0 Å². The molecule has 0 fully saturated rings. The molecule has 0 unspecified atom stereocenters. The van der Waals surface area contributed by atoms with E-state index in [2.05, 4.69) is 10.1 Å². The fourth-order valence-electron chi connectivity index (χ4n) is 2.39. The highest BCUT2D eigenvalue weighted by molar-refractivity contribution is 5.76. The van der Waals surface area contributed by atoms with E-state index in [4.69, 9.17) is 4.74 Å². The molecular formula is C16H16N4O3. The van der Waals surface area contributed by atoms with Crippen LogP contribution in [0.3, 0.4) is 0 Å². The predicted molar refractivity (Wildman–Crippen MR) is 84.5 cm³/mol. The summed E-state index contributed by atoms with van der Waals surface area (Å²) >= 11 is 0. The monoisotopic (exact) mass is 312 g/mol.